The van der Waals surface area contributed by atoms with Gasteiger partial charge in [0.2, 0.25) is 0 Å². The highest BCUT2D eigenvalue weighted by molar-refractivity contribution is 5.79. The number of nitrogens with one attached hydrogen (secondary N) is 1. The highest BCUT2D eigenvalue weighted by Crippen LogP contribution is 2.39. The van der Waals surface area contributed by atoms with Crippen LogP contribution < -0.4 is 15.8 Å². The standard InChI is InChI=1S/C15H19N3O2/c1-15(10-17,12-5-6-12)18-14(19)9-20-13-4-2-3-11(7-13)8-16/h2-4,7,12H,5-6,8-9,16H2,1H3,(H,18,19). The second kappa shape index (κ2) is 5.93. The molecule has 1 aliphatic carbocycles. The lowest BCUT2D eigenvalue weighted by Crippen LogP contribution is -2.48. The number of benzene rings is 1. The van der Waals surface area contributed by atoms with E-state index in [1.807, 2.05) is 12.1 Å². The number of hydrogen-bond acceptors (Lipinski definition) is 4. The van der Waals surface area contributed by atoms with Crippen molar-refractivity contribution in [2.24, 2.45) is 11.7 Å². The first-order valence-electron chi connectivity index (χ1n) is 6.71. The van der Waals surface area contributed by atoms with Gasteiger partial charge in [-0.3, -0.25) is 4.79 Å². The number of hydrogen-bond donors (Lipinski definition) is 2. The van der Waals surface area contributed by atoms with Crippen LogP contribution in [0.15, 0.2) is 24.3 Å². The Kier molecular flexibility index (Phi) is 4.26. The Morgan fingerprint density at radius 3 is 2.95 bits per heavy atom. The van der Waals surface area contributed by atoms with Crippen molar-refractivity contribution in [1.29, 1.82) is 5.26 Å². The van der Waals surface area contributed by atoms with Crippen molar-refractivity contribution in [3.05, 3.63) is 29.8 Å². The maximum absolute atomic E-state index is 11.9. The SMILES string of the molecule is CC(C#N)(NC(=O)COc1cccc(CN)c1)C1CC1. The highest BCUT2D eigenvalue weighted by atomic mass is 16.5. The molecule has 3 N–H and O–H groups in total. The molecule has 0 bridgehead atoms. The van der Waals surface area contributed by atoms with Crippen molar-refractivity contribution in [3.63, 3.8) is 0 Å². The molecular weight excluding hydrogens is 254 g/mol. The lowest BCUT2D eigenvalue weighted by atomic mass is 9.98. The van der Waals surface area contributed by atoms with Gasteiger partial charge in [0.25, 0.3) is 5.91 Å². The predicted octanol–water partition coefficient (Wildman–Crippen LogP) is 1.33. The molecular formula is C15H19N3O2. The largest absolute Gasteiger partial charge is 0.484 e. The molecule has 5 heteroatoms. The predicted molar refractivity (Wildman–Crippen MR) is 74.7 cm³/mol. The minimum atomic E-state index is -0.778. The van der Waals surface area contributed by atoms with Crippen LogP contribution in [0.5, 0.6) is 5.75 Å². The number of carbonyl (C=O) groups excluding carboxylic acids is 1. The van der Waals surface area contributed by atoms with Gasteiger partial charge in [-0.25, -0.2) is 0 Å². The van der Waals surface area contributed by atoms with E-state index in [2.05, 4.69) is 11.4 Å². The summed E-state index contributed by atoms with van der Waals surface area (Å²) in [6.07, 6.45) is 1.98. The van der Waals surface area contributed by atoms with Gasteiger partial charge in [0.1, 0.15) is 11.3 Å². The van der Waals surface area contributed by atoms with Crippen molar-refractivity contribution in [3.8, 4) is 11.8 Å². The van der Waals surface area contributed by atoms with Crippen LogP contribution in [-0.2, 0) is 11.3 Å². The molecule has 5 nitrogen and oxygen atoms in total. The Balaban J connectivity index is 1.87. The van der Waals surface area contributed by atoms with Gasteiger partial charge in [-0.1, -0.05) is 12.1 Å². The third-order valence-corrected chi connectivity index (χ3v) is 3.53. The van der Waals surface area contributed by atoms with E-state index in [4.69, 9.17) is 10.5 Å². The van der Waals surface area contributed by atoms with Crippen LogP contribution in [0.2, 0.25) is 0 Å². The Morgan fingerprint density at radius 1 is 1.60 bits per heavy atom. The fourth-order valence-electron chi connectivity index (χ4n) is 2.12. The molecule has 1 unspecified atom stereocenters. The molecule has 0 aromatic heterocycles. The Bertz CT molecular complexity index is 534. The van der Waals surface area contributed by atoms with E-state index in [0.29, 0.717) is 12.3 Å². The molecule has 1 saturated carbocycles. The third kappa shape index (κ3) is 3.49. The topological polar surface area (TPSA) is 88.1 Å². The molecule has 1 aliphatic rings. The number of nitrogens with two attached hydrogens (primary N) is 1. The zero-order valence-corrected chi connectivity index (χ0v) is 11.6. The van der Waals surface area contributed by atoms with Crippen LogP contribution in [-0.4, -0.2) is 18.1 Å². The normalized spacial score (nSPS) is 16.9. The van der Waals surface area contributed by atoms with Gasteiger partial charge in [0.05, 0.1) is 6.07 Å². The average molecular weight is 273 g/mol. The monoisotopic (exact) mass is 273 g/mol. The van der Waals surface area contributed by atoms with Gasteiger partial charge in [0, 0.05) is 6.54 Å². The van der Waals surface area contributed by atoms with Crippen molar-refractivity contribution in [1.82, 2.24) is 5.32 Å². The minimum Gasteiger partial charge on any atom is -0.484 e. The van der Waals surface area contributed by atoms with Gasteiger partial charge >= 0.3 is 0 Å². The second-order valence-corrected chi connectivity index (χ2v) is 5.28. The smallest absolute Gasteiger partial charge is 0.259 e. The van der Waals surface area contributed by atoms with E-state index < -0.39 is 5.54 Å². The number of ether oxygens (including phenoxy) is 1. The number of nitrogens with zero attached hydrogens (tertiary/aromatic N) is 1. The van der Waals surface area contributed by atoms with E-state index in [1.165, 1.54) is 0 Å². The van der Waals surface area contributed by atoms with Crippen LogP contribution in [0.25, 0.3) is 0 Å². The molecule has 0 radical (unpaired) electrons. The van der Waals surface area contributed by atoms with Crippen molar-refractivity contribution in [2.75, 3.05) is 6.61 Å². The average Bonchev–Trinajstić information content (AvgIpc) is 3.30. The quantitative estimate of drug-likeness (QED) is 0.818. The highest BCUT2D eigenvalue weighted by Gasteiger charge is 2.43. The summed E-state index contributed by atoms with van der Waals surface area (Å²) in [6, 6.07) is 9.49. The maximum Gasteiger partial charge on any atom is 0.259 e. The minimum absolute atomic E-state index is 0.0992. The summed E-state index contributed by atoms with van der Waals surface area (Å²) in [5.74, 6) is 0.587. The summed E-state index contributed by atoms with van der Waals surface area (Å²) >= 11 is 0. The summed E-state index contributed by atoms with van der Waals surface area (Å²) in [7, 11) is 0. The fourth-order valence-corrected chi connectivity index (χ4v) is 2.12. The zero-order valence-electron chi connectivity index (χ0n) is 11.6. The van der Waals surface area contributed by atoms with Crippen molar-refractivity contribution < 1.29 is 9.53 Å². The Morgan fingerprint density at radius 2 is 2.35 bits per heavy atom. The molecule has 1 fully saturated rings. The first-order chi connectivity index (χ1) is 9.57. The first-order valence-corrected chi connectivity index (χ1v) is 6.71. The van der Waals surface area contributed by atoms with Crippen LogP contribution in [0.4, 0.5) is 0 Å². The maximum atomic E-state index is 11.9. The summed E-state index contributed by atoms with van der Waals surface area (Å²) in [5, 5.41) is 11.9. The zero-order chi connectivity index (χ0) is 14.6. The van der Waals surface area contributed by atoms with Crippen molar-refractivity contribution in [2.45, 2.75) is 31.8 Å². The van der Waals surface area contributed by atoms with Crippen LogP contribution in [0.3, 0.4) is 0 Å². The van der Waals surface area contributed by atoms with Crippen LogP contribution in [0.1, 0.15) is 25.3 Å². The third-order valence-electron chi connectivity index (χ3n) is 3.53. The molecule has 1 atom stereocenters. The summed E-state index contributed by atoms with van der Waals surface area (Å²) in [5.41, 5.74) is 5.71. The van der Waals surface area contributed by atoms with Gasteiger partial charge in [-0.15, -0.1) is 0 Å². The van der Waals surface area contributed by atoms with Gasteiger partial charge in [-0.05, 0) is 43.4 Å². The molecule has 0 aliphatic heterocycles. The molecule has 0 saturated heterocycles. The van der Waals surface area contributed by atoms with Crippen LogP contribution in [0, 0.1) is 17.2 Å². The van der Waals surface area contributed by atoms with Gasteiger partial charge in [-0.2, -0.15) is 5.26 Å². The molecule has 106 valence electrons. The van der Waals surface area contributed by atoms with Crippen molar-refractivity contribution >= 4 is 5.91 Å². The summed E-state index contributed by atoms with van der Waals surface area (Å²) in [6.45, 7) is 2.09. The summed E-state index contributed by atoms with van der Waals surface area (Å²) in [4.78, 5) is 11.9. The van der Waals surface area contributed by atoms with Crippen LogP contribution >= 0.6 is 0 Å². The first kappa shape index (κ1) is 14.4. The molecule has 1 amide bonds. The molecule has 1 aromatic rings. The number of amides is 1. The van der Waals surface area contributed by atoms with E-state index >= 15 is 0 Å². The molecule has 0 heterocycles. The molecule has 2 rings (SSSR count). The van der Waals surface area contributed by atoms with Gasteiger partial charge < -0.3 is 15.8 Å². The second-order valence-electron chi connectivity index (χ2n) is 5.28. The van der Waals surface area contributed by atoms with E-state index in [0.717, 1.165) is 18.4 Å². The molecule has 20 heavy (non-hydrogen) atoms. The lowest BCUT2D eigenvalue weighted by Gasteiger charge is -2.22. The summed E-state index contributed by atoms with van der Waals surface area (Å²) < 4.78 is 5.42. The van der Waals surface area contributed by atoms with E-state index in [9.17, 15) is 10.1 Å². The molecule has 0 spiro atoms. The number of carbonyl (C=O) groups is 1. The number of nitriles is 1. The lowest BCUT2D eigenvalue weighted by molar-refractivity contribution is -0.124. The van der Waals surface area contributed by atoms with E-state index in [-0.39, 0.29) is 18.4 Å². The van der Waals surface area contributed by atoms with E-state index in [1.54, 1.807) is 19.1 Å². The Hall–Kier alpha value is -2.06. The fraction of sp³-hybridized carbons (Fsp3) is 0.467. The molecule has 1 aromatic carbocycles. The number of rotatable bonds is 6. The van der Waals surface area contributed by atoms with Gasteiger partial charge in [0.15, 0.2) is 6.61 Å². The Labute approximate surface area is 118 Å².